The van der Waals surface area contributed by atoms with Crippen LogP contribution in [0.2, 0.25) is 0 Å². The molecule has 2 unspecified atom stereocenters. The summed E-state index contributed by atoms with van der Waals surface area (Å²) in [7, 11) is 0. The van der Waals surface area contributed by atoms with Crippen LogP contribution in [0.4, 0.5) is 8.78 Å². The van der Waals surface area contributed by atoms with Gasteiger partial charge < -0.3 is 10.5 Å². The normalized spacial score (nSPS) is 21.5. The molecule has 2 aromatic carbocycles. The molecule has 1 aliphatic rings. The van der Waals surface area contributed by atoms with Crippen molar-refractivity contribution in [3.05, 3.63) is 65.2 Å². The van der Waals surface area contributed by atoms with Gasteiger partial charge >= 0.3 is 0 Å². The lowest BCUT2D eigenvalue weighted by atomic mass is 9.98. The third-order valence-corrected chi connectivity index (χ3v) is 3.92. The van der Waals surface area contributed by atoms with Gasteiger partial charge in [-0.05, 0) is 42.5 Å². The molecule has 1 aliphatic carbocycles. The van der Waals surface area contributed by atoms with Crippen LogP contribution in [0.15, 0.2) is 42.5 Å². The van der Waals surface area contributed by atoms with Gasteiger partial charge in [-0.15, -0.1) is 0 Å². The lowest BCUT2D eigenvalue weighted by molar-refractivity contribution is 0.155. The maximum atomic E-state index is 13.7. The summed E-state index contributed by atoms with van der Waals surface area (Å²) in [6.07, 6.45) is 2.19. The minimum Gasteiger partial charge on any atom is -0.485 e. The molecule has 21 heavy (non-hydrogen) atoms. The highest BCUT2D eigenvalue weighted by Crippen LogP contribution is 2.31. The van der Waals surface area contributed by atoms with Crippen molar-refractivity contribution >= 4 is 0 Å². The zero-order valence-corrected chi connectivity index (χ0v) is 11.6. The number of halogens is 2. The topological polar surface area (TPSA) is 35.2 Å². The Hall–Kier alpha value is -1.94. The van der Waals surface area contributed by atoms with Crippen LogP contribution in [0.1, 0.15) is 30.0 Å². The van der Waals surface area contributed by atoms with E-state index in [0.29, 0.717) is 6.42 Å². The summed E-state index contributed by atoms with van der Waals surface area (Å²) < 4.78 is 32.6. The van der Waals surface area contributed by atoms with Crippen molar-refractivity contribution in [1.29, 1.82) is 0 Å². The Bertz CT molecular complexity index is 644. The molecule has 0 amide bonds. The van der Waals surface area contributed by atoms with Crippen molar-refractivity contribution in [1.82, 2.24) is 0 Å². The van der Waals surface area contributed by atoms with Crippen molar-refractivity contribution in [2.24, 2.45) is 5.73 Å². The fourth-order valence-corrected chi connectivity index (χ4v) is 2.82. The highest BCUT2D eigenvalue weighted by atomic mass is 19.1. The molecule has 110 valence electrons. The Morgan fingerprint density at radius 1 is 1.10 bits per heavy atom. The van der Waals surface area contributed by atoms with Gasteiger partial charge in [-0.3, -0.25) is 0 Å². The maximum absolute atomic E-state index is 13.7. The van der Waals surface area contributed by atoms with Crippen LogP contribution in [-0.4, -0.2) is 6.10 Å². The first-order chi connectivity index (χ1) is 10.1. The van der Waals surface area contributed by atoms with Crippen molar-refractivity contribution < 1.29 is 13.5 Å². The van der Waals surface area contributed by atoms with E-state index in [9.17, 15) is 8.78 Å². The molecule has 0 bridgehead atoms. The van der Waals surface area contributed by atoms with Crippen LogP contribution in [0.3, 0.4) is 0 Å². The highest BCUT2D eigenvalue weighted by Gasteiger charge is 2.27. The van der Waals surface area contributed by atoms with Crippen molar-refractivity contribution in [2.45, 2.75) is 31.4 Å². The van der Waals surface area contributed by atoms with Crippen LogP contribution in [0, 0.1) is 11.6 Å². The van der Waals surface area contributed by atoms with Gasteiger partial charge in [-0.25, -0.2) is 8.78 Å². The second-order valence-corrected chi connectivity index (χ2v) is 5.35. The number of rotatable bonds is 2. The number of aryl methyl sites for hydroxylation is 1. The Morgan fingerprint density at radius 2 is 1.90 bits per heavy atom. The van der Waals surface area contributed by atoms with Gasteiger partial charge in [-0.1, -0.05) is 24.3 Å². The Kier molecular flexibility index (Phi) is 3.88. The third-order valence-electron chi connectivity index (χ3n) is 3.92. The fourth-order valence-electron chi connectivity index (χ4n) is 2.82. The van der Waals surface area contributed by atoms with E-state index in [1.807, 2.05) is 18.2 Å². The van der Waals surface area contributed by atoms with E-state index < -0.39 is 11.6 Å². The summed E-state index contributed by atoms with van der Waals surface area (Å²) in [6, 6.07) is 10.8. The molecule has 0 aromatic heterocycles. The molecule has 0 heterocycles. The van der Waals surface area contributed by atoms with E-state index in [1.165, 1.54) is 5.56 Å². The number of fused-ring (bicyclic) bond motifs is 1. The summed E-state index contributed by atoms with van der Waals surface area (Å²) in [5, 5.41) is 0. The van der Waals surface area contributed by atoms with E-state index >= 15 is 0 Å². The zero-order valence-electron chi connectivity index (χ0n) is 11.6. The van der Waals surface area contributed by atoms with E-state index in [-0.39, 0.29) is 17.9 Å². The van der Waals surface area contributed by atoms with Crippen molar-refractivity contribution in [2.75, 3.05) is 0 Å². The van der Waals surface area contributed by atoms with Crippen LogP contribution >= 0.6 is 0 Å². The van der Waals surface area contributed by atoms with Gasteiger partial charge in [0.1, 0.15) is 11.9 Å². The lowest BCUT2D eigenvalue weighted by Crippen LogP contribution is -2.31. The van der Waals surface area contributed by atoms with E-state index in [4.69, 9.17) is 10.5 Å². The highest BCUT2D eigenvalue weighted by molar-refractivity contribution is 5.33. The summed E-state index contributed by atoms with van der Waals surface area (Å²) in [4.78, 5) is 0. The monoisotopic (exact) mass is 289 g/mol. The Labute approximate surface area is 122 Å². The lowest BCUT2D eigenvalue weighted by Gasteiger charge is -2.24. The largest absolute Gasteiger partial charge is 0.485 e. The Balaban J connectivity index is 1.87. The number of hydrogen-bond donors (Lipinski definition) is 1. The average molecular weight is 289 g/mol. The molecular formula is C17H17F2NO. The van der Waals surface area contributed by atoms with Crippen LogP contribution < -0.4 is 10.5 Å². The molecule has 2 nitrogen and oxygen atoms in total. The SMILES string of the molecule is NC1c2ccccc2CCCC1Oc1cc(F)ccc1F. The van der Waals surface area contributed by atoms with E-state index in [1.54, 1.807) is 0 Å². The van der Waals surface area contributed by atoms with Crippen molar-refractivity contribution in [3.63, 3.8) is 0 Å². The van der Waals surface area contributed by atoms with E-state index in [2.05, 4.69) is 6.07 Å². The number of ether oxygens (including phenoxy) is 1. The van der Waals surface area contributed by atoms with Crippen molar-refractivity contribution in [3.8, 4) is 5.75 Å². The van der Waals surface area contributed by atoms with Gasteiger partial charge in [0.2, 0.25) is 0 Å². The predicted molar refractivity (Wildman–Crippen MR) is 77.1 cm³/mol. The Morgan fingerprint density at radius 3 is 2.76 bits per heavy atom. The molecular weight excluding hydrogens is 272 g/mol. The van der Waals surface area contributed by atoms with Gasteiger partial charge in [0.15, 0.2) is 11.6 Å². The molecule has 0 radical (unpaired) electrons. The molecule has 0 fully saturated rings. The first-order valence-electron chi connectivity index (χ1n) is 7.10. The van der Waals surface area contributed by atoms with Gasteiger partial charge in [0, 0.05) is 6.07 Å². The average Bonchev–Trinajstić information content (AvgIpc) is 2.64. The molecule has 2 atom stereocenters. The molecule has 0 saturated heterocycles. The number of hydrogen-bond acceptors (Lipinski definition) is 2. The molecule has 4 heteroatoms. The minimum atomic E-state index is -0.568. The summed E-state index contributed by atoms with van der Waals surface area (Å²) >= 11 is 0. The van der Waals surface area contributed by atoms with Crippen LogP contribution in [-0.2, 0) is 6.42 Å². The predicted octanol–water partition coefficient (Wildman–Crippen LogP) is 3.75. The summed E-state index contributed by atoms with van der Waals surface area (Å²) in [5.41, 5.74) is 8.51. The first kappa shape index (κ1) is 14.0. The number of benzene rings is 2. The smallest absolute Gasteiger partial charge is 0.165 e. The molecule has 0 spiro atoms. The van der Waals surface area contributed by atoms with Gasteiger partial charge in [0.05, 0.1) is 6.04 Å². The van der Waals surface area contributed by atoms with Gasteiger partial charge in [-0.2, -0.15) is 0 Å². The van der Waals surface area contributed by atoms with E-state index in [0.717, 1.165) is 36.6 Å². The molecule has 3 rings (SSSR count). The second kappa shape index (κ2) is 5.82. The summed E-state index contributed by atoms with van der Waals surface area (Å²) in [5.74, 6) is -1.16. The number of nitrogens with two attached hydrogens (primary N) is 1. The van der Waals surface area contributed by atoms with Gasteiger partial charge in [0.25, 0.3) is 0 Å². The minimum absolute atomic E-state index is 0.0742. The summed E-state index contributed by atoms with van der Waals surface area (Å²) in [6.45, 7) is 0. The quantitative estimate of drug-likeness (QED) is 0.855. The molecule has 2 aromatic rings. The van der Waals surface area contributed by atoms with Crippen LogP contribution in [0.5, 0.6) is 5.75 Å². The van der Waals surface area contributed by atoms with Crippen LogP contribution in [0.25, 0.3) is 0 Å². The maximum Gasteiger partial charge on any atom is 0.165 e. The zero-order chi connectivity index (χ0) is 14.8. The first-order valence-corrected chi connectivity index (χ1v) is 7.10. The second-order valence-electron chi connectivity index (χ2n) is 5.35. The molecule has 2 N–H and O–H groups in total. The standard InChI is InChI=1S/C17H17F2NO/c18-12-8-9-14(19)16(10-12)21-15-7-3-5-11-4-1-2-6-13(11)17(15)20/h1-2,4,6,8-10,15,17H,3,5,7,20H2. The third kappa shape index (κ3) is 2.90. The molecule has 0 aliphatic heterocycles. The molecule has 0 saturated carbocycles. The fraction of sp³-hybridized carbons (Fsp3) is 0.294.